The zero-order chi connectivity index (χ0) is 25.8. The number of benzene rings is 3. The van der Waals surface area contributed by atoms with Gasteiger partial charge in [0.15, 0.2) is 5.78 Å². The van der Waals surface area contributed by atoms with E-state index in [0.717, 1.165) is 42.4 Å². The Labute approximate surface area is 213 Å². The Morgan fingerprint density at radius 1 is 0.917 bits per heavy atom. The van der Waals surface area contributed by atoms with E-state index in [0.29, 0.717) is 30.1 Å². The van der Waals surface area contributed by atoms with Gasteiger partial charge in [0, 0.05) is 11.5 Å². The Morgan fingerprint density at radius 3 is 2.33 bits per heavy atom. The second kappa shape index (κ2) is 14.0. The monoisotopic (exact) mass is 486 g/mol. The summed E-state index contributed by atoms with van der Waals surface area (Å²) in [6.45, 7) is 8.39. The molecule has 0 amide bonds. The molecule has 0 heterocycles. The molecule has 36 heavy (non-hydrogen) atoms. The third-order valence-corrected chi connectivity index (χ3v) is 5.95. The zero-order valence-corrected chi connectivity index (χ0v) is 21.1. The third kappa shape index (κ3) is 7.40. The van der Waals surface area contributed by atoms with Gasteiger partial charge in [-0.3, -0.25) is 9.68 Å². The molecule has 0 aromatic heterocycles. The molecule has 0 saturated carbocycles. The van der Waals surface area contributed by atoms with Crippen molar-refractivity contribution in [3.05, 3.63) is 102 Å². The molecule has 0 saturated heterocycles. The van der Waals surface area contributed by atoms with Gasteiger partial charge in [-0.1, -0.05) is 82.2 Å². The fourth-order valence-electron chi connectivity index (χ4n) is 3.92. The maximum atomic E-state index is 13.4. The van der Waals surface area contributed by atoms with Gasteiger partial charge in [-0.2, -0.15) is 4.89 Å². The van der Waals surface area contributed by atoms with Crippen molar-refractivity contribution in [3.8, 4) is 16.9 Å². The SMILES string of the molecule is C=CCOc1ccc(C(=O)C(C)c2cc(C(=O)OOCCCCCC)ccc2-c2ccccc2)cc1. The second-order valence-electron chi connectivity index (χ2n) is 8.63. The molecule has 3 aromatic carbocycles. The van der Waals surface area contributed by atoms with Crippen molar-refractivity contribution < 1.29 is 24.1 Å². The average molecular weight is 487 g/mol. The molecule has 0 aliphatic carbocycles. The Balaban J connectivity index is 1.82. The molecular formula is C31H34O5. The largest absolute Gasteiger partial charge is 0.490 e. The van der Waals surface area contributed by atoms with Crippen LogP contribution < -0.4 is 4.74 Å². The lowest BCUT2D eigenvalue weighted by atomic mass is 9.85. The predicted molar refractivity (Wildman–Crippen MR) is 142 cm³/mol. The summed E-state index contributed by atoms with van der Waals surface area (Å²) in [5.74, 6) is -0.457. The summed E-state index contributed by atoms with van der Waals surface area (Å²) in [5, 5.41) is 0. The normalized spacial score (nSPS) is 11.5. The third-order valence-electron chi connectivity index (χ3n) is 5.95. The Bertz CT molecular complexity index is 1140. The Kier molecular flexibility index (Phi) is 10.5. The summed E-state index contributed by atoms with van der Waals surface area (Å²) in [6.07, 6.45) is 5.79. The number of hydrogen-bond acceptors (Lipinski definition) is 5. The first-order valence-corrected chi connectivity index (χ1v) is 12.5. The molecule has 1 atom stereocenters. The van der Waals surface area contributed by atoms with E-state index in [-0.39, 0.29) is 5.78 Å². The van der Waals surface area contributed by atoms with Crippen molar-refractivity contribution >= 4 is 11.8 Å². The molecule has 3 rings (SSSR count). The van der Waals surface area contributed by atoms with E-state index >= 15 is 0 Å². The van der Waals surface area contributed by atoms with E-state index in [9.17, 15) is 9.59 Å². The number of ether oxygens (including phenoxy) is 1. The van der Waals surface area contributed by atoms with Gasteiger partial charge in [0.25, 0.3) is 0 Å². The molecule has 0 spiro atoms. The number of unbranched alkanes of at least 4 members (excludes halogenated alkanes) is 3. The molecule has 1 unspecified atom stereocenters. The van der Waals surface area contributed by atoms with Crippen molar-refractivity contribution in [2.24, 2.45) is 0 Å². The number of carbonyl (C=O) groups is 2. The van der Waals surface area contributed by atoms with Gasteiger partial charge in [-0.05, 0) is 59.5 Å². The van der Waals surface area contributed by atoms with Gasteiger partial charge in [0.05, 0.1) is 12.2 Å². The van der Waals surface area contributed by atoms with Gasteiger partial charge in [0.2, 0.25) is 0 Å². The van der Waals surface area contributed by atoms with Crippen LogP contribution >= 0.6 is 0 Å². The molecule has 0 aliphatic rings. The van der Waals surface area contributed by atoms with E-state index in [2.05, 4.69) is 13.5 Å². The molecule has 0 radical (unpaired) electrons. The minimum absolute atomic E-state index is 0.0554. The van der Waals surface area contributed by atoms with Crippen molar-refractivity contribution in [1.29, 1.82) is 0 Å². The zero-order valence-electron chi connectivity index (χ0n) is 21.1. The minimum atomic E-state index is -0.574. The lowest BCUT2D eigenvalue weighted by molar-refractivity contribution is -0.241. The molecule has 0 bridgehead atoms. The van der Waals surface area contributed by atoms with Crippen LogP contribution in [0.3, 0.4) is 0 Å². The number of ketones is 1. The molecular weight excluding hydrogens is 452 g/mol. The van der Waals surface area contributed by atoms with E-state index in [4.69, 9.17) is 14.5 Å². The number of carbonyl (C=O) groups excluding carboxylic acids is 2. The maximum absolute atomic E-state index is 13.4. The summed E-state index contributed by atoms with van der Waals surface area (Å²) >= 11 is 0. The molecule has 0 aliphatic heterocycles. The van der Waals surface area contributed by atoms with Crippen LogP contribution in [0.15, 0.2) is 85.5 Å². The summed E-state index contributed by atoms with van der Waals surface area (Å²) in [5.41, 5.74) is 3.50. The van der Waals surface area contributed by atoms with Crippen molar-refractivity contribution in [2.75, 3.05) is 13.2 Å². The van der Waals surface area contributed by atoms with Gasteiger partial charge in [-0.15, -0.1) is 0 Å². The lowest BCUT2D eigenvalue weighted by Gasteiger charge is -2.18. The highest BCUT2D eigenvalue weighted by Gasteiger charge is 2.23. The van der Waals surface area contributed by atoms with E-state index in [1.807, 2.05) is 43.3 Å². The topological polar surface area (TPSA) is 61.8 Å². The van der Waals surface area contributed by atoms with Gasteiger partial charge in [0.1, 0.15) is 12.4 Å². The number of Topliss-reactive ketones (excluding diaryl/α,β-unsaturated/α-hetero) is 1. The molecule has 3 aromatic rings. The van der Waals surface area contributed by atoms with Gasteiger partial charge >= 0.3 is 5.97 Å². The Hall–Kier alpha value is -3.70. The van der Waals surface area contributed by atoms with Gasteiger partial charge in [-0.25, -0.2) is 4.79 Å². The first kappa shape index (κ1) is 26.9. The quantitative estimate of drug-likeness (QED) is 0.0773. The molecule has 0 fully saturated rings. The van der Waals surface area contributed by atoms with E-state index in [1.165, 1.54) is 0 Å². The first-order valence-electron chi connectivity index (χ1n) is 12.5. The fraction of sp³-hybridized carbons (Fsp3) is 0.290. The van der Waals surface area contributed by atoms with Crippen molar-refractivity contribution in [1.82, 2.24) is 0 Å². The second-order valence-corrected chi connectivity index (χ2v) is 8.63. The van der Waals surface area contributed by atoms with Crippen molar-refractivity contribution in [2.45, 2.75) is 45.4 Å². The molecule has 188 valence electrons. The van der Waals surface area contributed by atoms with Crippen LogP contribution in [0, 0.1) is 0 Å². The van der Waals surface area contributed by atoms with Crippen LogP contribution in [0.4, 0.5) is 0 Å². The highest BCUT2D eigenvalue weighted by atomic mass is 17.2. The summed E-state index contributed by atoms with van der Waals surface area (Å²) in [4.78, 5) is 36.3. The molecule has 5 heteroatoms. The maximum Gasteiger partial charge on any atom is 0.373 e. The summed E-state index contributed by atoms with van der Waals surface area (Å²) in [7, 11) is 0. The summed E-state index contributed by atoms with van der Waals surface area (Å²) < 4.78 is 5.52. The standard InChI is InChI=1S/C31H34O5/c1-4-6-7-11-21-35-36-31(33)26-16-19-28(24-12-9-8-10-13-24)29(22-26)23(3)30(32)25-14-17-27(18-15-25)34-20-5-2/h5,8-10,12-19,22-23H,2,4,6-7,11,20-21H2,1,3H3. The van der Waals surface area contributed by atoms with Crippen LogP contribution in [0.5, 0.6) is 5.75 Å². The van der Waals surface area contributed by atoms with Crippen LogP contribution in [-0.4, -0.2) is 25.0 Å². The van der Waals surface area contributed by atoms with Crippen molar-refractivity contribution in [3.63, 3.8) is 0 Å². The molecule has 0 N–H and O–H groups in total. The number of rotatable bonds is 14. The predicted octanol–water partition coefficient (Wildman–Crippen LogP) is 7.57. The van der Waals surface area contributed by atoms with Crippen LogP contribution in [-0.2, 0) is 9.78 Å². The van der Waals surface area contributed by atoms with Gasteiger partial charge < -0.3 is 4.74 Å². The van der Waals surface area contributed by atoms with E-state index in [1.54, 1.807) is 42.5 Å². The van der Waals surface area contributed by atoms with E-state index < -0.39 is 11.9 Å². The molecule has 5 nitrogen and oxygen atoms in total. The van der Waals surface area contributed by atoms with Crippen LogP contribution in [0.2, 0.25) is 0 Å². The number of hydrogen-bond donors (Lipinski definition) is 0. The lowest BCUT2D eigenvalue weighted by Crippen LogP contribution is -2.13. The fourth-order valence-corrected chi connectivity index (χ4v) is 3.92. The first-order chi connectivity index (χ1) is 17.5. The smallest absolute Gasteiger partial charge is 0.373 e. The highest BCUT2D eigenvalue weighted by Crippen LogP contribution is 2.33. The highest BCUT2D eigenvalue weighted by molar-refractivity contribution is 6.02. The summed E-state index contributed by atoms with van der Waals surface area (Å²) in [6, 6.07) is 22.2. The van der Waals surface area contributed by atoms with Crippen LogP contribution in [0.25, 0.3) is 11.1 Å². The minimum Gasteiger partial charge on any atom is -0.490 e. The van der Waals surface area contributed by atoms with Crippen LogP contribution in [0.1, 0.15) is 71.7 Å². The average Bonchev–Trinajstić information content (AvgIpc) is 2.93. The Morgan fingerprint density at radius 2 is 1.64 bits per heavy atom.